The quantitative estimate of drug-likeness (QED) is 0.744. The molecular weight excluding hydrogens is 266 g/mol. The lowest BCUT2D eigenvalue weighted by molar-refractivity contribution is 0.0598. The van der Waals surface area contributed by atoms with Crippen LogP contribution in [0, 0.1) is 0 Å². The summed E-state index contributed by atoms with van der Waals surface area (Å²) in [6.07, 6.45) is 1.87. The molecule has 0 saturated heterocycles. The van der Waals surface area contributed by atoms with Crippen molar-refractivity contribution in [3.8, 4) is 5.75 Å². The van der Waals surface area contributed by atoms with E-state index < -0.39 is 0 Å². The van der Waals surface area contributed by atoms with Crippen LogP contribution >= 0.6 is 0 Å². The molecule has 0 atom stereocenters. The van der Waals surface area contributed by atoms with Gasteiger partial charge in [-0.2, -0.15) is 0 Å². The molecule has 3 aromatic rings. The summed E-state index contributed by atoms with van der Waals surface area (Å²) >= 11 is 0. The second-order valence-electron chi connectivity index (χ2n) is 4.63. The molecule has 0 radical (unpaired) electrons. The Morgan fingerprint density at radius 1 is 1.10 bits per heavy atom. The Balaban J connectivity index is 1.85. The zero-order chi connectivity index (χ0) is 14.7. The second kappa shape index (κ2) is 5.71. The second-order valence-corrected chi connectivity index (χ2v) is 4.63. The Morgan fingerprint density at radius 3 is 2.81 bits per heavy atom. The number of methoxy groups -OCH3 is 1. The lowest BCUT2D eigenvalue weighted by atomic mass is 10.1. The summed E-state index contributed by atoms with van der Waals surface area (Å²) in [4.78, 5) is 14.9. The van der Waals surface area contributed by atoms with Crippen molar-refractivity contribution in [1.29, 1.82) is 0 Å². The third-order valence-electron chi connectivity index (χ3n) is 3.36. The first-order valence-electron chi connectivity index (χ1n) is 6.64. The molecule has 0 aliphatic heterocycles. The Labute approximate surface area is 122 Å². The van der Waals surface area contributed by atoms with Gasteiger partial charge in [0.05, 0.1) is 12.7 Å². The number of nitrogens with one attached hydrogen (secondary N) is 1. The molecular formula is C17H15NO3. The van der Waals surface area contributed by atoms with E-state index in [0.29, 0.717) is 12.2 Å². The van der Waals surface area contributed by atoms with Crippen LogP contribution < -0.4 is 4.74 Å². The largest absolute Gasteiger partial charge is 0.488 e. The third-order valence-corrected chi connectivity index (χ3v) is 3.36. The van der Waals surface area contributed by atoms with Gasteiger partial charge in [-0.05, 0) is 24.3 Å². The molecule has 1 aromatic heterocycles. The van der Waals surface area contributed by atoms with E-state index in [-0.39, 0.29) is 5.97 Å². The average molecular weight is 281 g/mol. The van der Waals surface area contributed by atoms with Gasteiger partial charge in [-0.3, -0.25) is 0 Å². The van der Waals surface area contributed by atoms with E-state index in [1.807, 2.05) is 48.7 Å². The molecule has 0 fully saturated rings. The van der Waals surface area contributed by atoms with Gasteiger partial charge in [-0.25, -0.2) is 4.79 Å². The maximum absolute atomic E-state index is 11.7. The van der Waals surface area contributed by atoms with E-state index in [9.17, 15) is 4.79 Å². The van der Waals surface area contributed by atoms with Gasteiger partial charge in [0.1, 0.15) is 12.4 Å². The first-order valence-corrected chi connectivity index (χ1v) is 6.64. The lowest BCUT2D eigenvalue weighted by Gasteiger charge is -2.10. The molecule has 106 valence electrons. The van der Waals surface area contributed by atoms with Crippen LogP contribution in [-0.4, -0.2) is 18.1 Å². The molecule has 4 heteroatoms. The number of rotatable bonds is 4. The molecule has 0 aliphatic carbocycles. The van der Waals surface area contributed by atoms with Crippen molar-refractivity contribution < 1.29 is 14.3 Å². The van der Waals surface area contributed by atoms with Crippen molar-refractivity contribution in [1.82, 2.24) is 4.98 Å². The van der Waals surface area contributed by atoms with E-state index >= 15 is 0 Å². The standard InChI is InChI=1S/C17H15NO3/c1-20-17(19)13-6-3-2-5-12(13)11-21-16-8-4-7-15-14(16)9-10-18-15/h2-10,18H,11H2,1H3. The highest BCUT2D eigenvalue weighted by atomic mass is 16.5. The van der Waals surface area contributed by atoms with Gasteiger partial charge in [-0.15, -0.1) is 0 Å². The SMILES string of the molecule is COC(=O)c1ccccc1COc1cccc2[nH]ccc12. The molecule has 2 aromatic carbocycles. The van der Waals surface area contributed by atoms with Crippen molar-refractivity contribution in [3.63, 3.8) is 0 Å². The highest BCUT2D eigenvalue weighted by molar-refractivity contribution is 5.91. The van der Waals surface area contributed by atoms with Gasteiger partial charge in [0.25, 0.3) is 0 Å². The minimum Gasteiger partial charge on any atom is -0.488 e. The van der Waals surface area contributed by atoms with Crippen LogP contribution in [0.3, 0.4) is 0 Å². The highest BCUT2D eigenvalue weighted by Crippen LogP contribution is 2.25. The smallest absolute Gasteiger partial charge is 0.338 e. The van der Waals surface area contributed by atoms with Crippen LogP contribution in [0.25, 0.3) is 10.9 Å². The molecule has 0 spiro atoms. The maximum Gasteiger partial charge on any atom is 0.338 e. The monoisotopic (exact) mass is 281 g/mol. The lowest BCUT2D eigenvalue weighted by Crippen LogP contribution is -2.07. The Morgan fingerprint density at radius 2 is 1.95 bits per heavy atom. The fourth-order valence-electron chi connectivity index (χ4n) is 2.29. The summed E-state index contributed by atoms with van der Waals surface area (Å²) in [7, 11) is 1.38. The normalized spacial score (nSPS) is 10.5. The summed E-state index contributed by atoms with van der Waals surface area (Å²) in [5.74, 6) is 0.433. The molecule has 3 rings (SSSR count). The van der Waals surface area contributed by atoms with E-state index in [0.717, 1.165) is 22.2 Å². The Kier molecular flexibility index (Phi) is 3.60. The number of hydrogen-bond acceptors (Lipinski definition) is 3. The molecule has 0 bridgehead atoms. The topological polar surface area (TPSA) is 51.3 Å². The maximum atomic E-state index is 11.7. The van der Waals surface area contributed by atoms with Gasteiger partial charge in [0.2, 0.25) is 0 Å². The van der Waals surface area contributed by atoms with Gasteiger partial charge in [-0.1, -0.05) is 24.3 Å². The third kappa shape index (κ3) is 2.60. The van der Waals surface area contributed by atoms with Gasteiger partial charge in [0, 0.05) is 22.7 Å². The number of carbonyl (C=O) groups excluding carboxylic acids is 1. The number of ether oxygens (including phenoxy) is 2. The van der Waals surface area contributed by atoms with Crippen LogP contribution in [0.15, 0.2) is 54.7 Å². The molecule has 1 N–H and O–H groups in total. The molecule has 0 saturated carbocycles. The average Bonchev–Trinajstić information content (AvgIpc) is 3.01. The molecule has 4 nitrogen and oxygen atoms in total. The van der Waals surface area contributed by atoms with Crippen LogP contribution in [0.1, 0.15) is 15.9 Å². The number of aromatic nitrogens is 1. The zero-order valence-corrected chi connectivity index (χ0v) is 11.6. The summed E-state index contributed by atoms with van der Waals surface area (Å²) in [5, 5.41) is 1.02. The van der Waals surface area contributed by atoms with Crippen molar-refractivity contribution in [3.05, 3.63) is 65.9 Å². The number of H-pyrrole nitrogens is 1. The van der Waals surface area contributed by atoms with E-state index in [4.69, 9.17) is 9.47 Å². The Bertz CT molecular complexity index is 776. The Hall–Kier alpha value is -2.75. The van der Waals surface area contributed by atoms with Crippen LogP contribution in [-0.2, 0) is 11.3 Å². The van der Waals surface area contributed by atoms with Crippen molar-refractivity contribution in [2.24, 2.45) is 0 Å². The fourth-order valence-corrected chi connectivity index (χ4v) is 2.29. The fraction of sp³-hybridized carbons (Fsp3) is 0.118. The first-order chi connectivity index (χ1) is 10.3. The van der Waals surface area contributed by atoms with Crippen molar-refractivity contribution >= 4 is 16.9 Å². The highest BCUT2D eigenvalue weighted by Gasteiger charge is 2.12. The molecule has 0 aliphatic rings. The number of fused-ring (bicyclic) bond motifs is 1. The number of carbonyl (C=O) groups is 1. The summed E-state index contributed by atoms with van der Waals surface area (Å²) in [5.41, 5.74) is 2.35. The minimum absolute atomic E-state index is 0.315. The van der Waals surface area contributed by atoms with E-state index in [2.05, 4.69) is 4.98 Å². The van der Waals surface area contributed by atoms with E-state index in [1.54, 1.807) is 6.07 Å². The van der Waals surface area contributed by atoms with Crippen LogP contribution in [0.2, 0.25) is 0 Å². The van der Waals surface area contributed by atoms with Crippen LogP contribution in [0.5, 0.6) is 5.75 Å². The first kappa shape index (κ1) is 13.2. The predicted octanol–water partition coefficient (Wildman–Crippen LogP) is 3.53. The number of hydrogen-bond donors (Lipinski definition) is 1. The van der Waals surface area contributed by atoms with Gasteiger partial charge < -0.3 is 14.5 Å². The summed E-state index contributed by atoms with van der Waals surface area (Å²) < 4.78 is 10.7. The zero-order valence-electron chi connectivity index (χ0n) is 11.6. The van der Waals surface area contributed by atoms with Gasteiger partial charge >= 0.3 is 5.97 Å². The van der Waals surface area contributed by atoms with Gasteiger partial charge in [0.15, 0.2) is 0 Å². The minimum atomic E-state index is -0.353. The van der Waals surface area contributed by atoms with Crippen molar-refractivity contribution in [2.75, 3.05) is 7.11 Å². The predicted molar refractivity (Wildman–Crippen MR) is 80.4 cm³/mol. The van der Waals surface area contributed by atoms with Crippen molar-refractivity contribution in [2.45, 2.75) is 6.61 Å². The molecule has 21 heavy (non-hydrogen) atoms. The summed E-state index contributed by atoms with van der Waals surface area (Å²) in [6.45, 7) is 0.315. The number of esters is 1. The summed E-state index contributed by atoms with van der Waals surface area (Å²) in [6, 6.07) is 15.1. The molecule has 0 unspecified atom stereocenters. The number of aromatic amines is 1. The molecule has 1 heterocycles. The van der Waals surface area contributed by atoms with Crippen LogP contribution in [0.4, 0.5) is 0 Å². The molecule has 0 amide bonds. The van der Waals surface area contributed by atoms with E-state index in [1.165, 1.54) is 7.11 Å². The number of benzene rings is 2.